The number of aliphatic hydroxyl groups excluding tert-OH is 1. The molecule has 0 spiro atoms. The molecule has 0 radical (unpaired) electrons. The molecule has 1 fully saturated rings. The summed E-state index contributed by atoms with van der Waals surface area (Å²) >= 11 is 1.51. The molecule has 0 amide bonds. The second-order valence-electron chi connectivity index (χ2n) is 7.23. The van der Waals surface area contributed by atoms with E-state index in [-0.39, 0.29) is 12.0 Å². The molecule has 0 aromatic carbocycles. The zero-order valence-corrected chi connectivity index (χ0v) is 13.7. The third-order valence-electron chi connectivity index (χ3n) is 4.20. The molecule has 0 saturated carbocycles. The van der Waals surface area contributed by atoms with Crippen LogP contribution in [0.2, 0.25) is 0 Å². The molecule has 4 nitrogen and oxygen atoms in total. The molecule has 5 heteroatoms. The number of aliphatic hydroxyl groups is 1. The average molecular weight is 305 g/mol. The Labute approximate surface area is 130 Å². The maximum atomic E-state index is 9.70. The van der Waals surface area contributed by atoms with Gasteiger partial charge in [-0.15, -0.1) is 0 Å². The normalized spacial score (nSPS) is 23.1. The van der Waals surface area contributed by atoms with Gasteiger partial charge in [-0.25, -0.2) is 0 Å². The molecule has 0 aliphatic carbocycles. The summed E-state index contributed by atoms with van der Waals surface area (Å²) in [6.45, 7) is 8.91. The second-order valence-corrected chi connectivity index (χ2v) is 8.03. The van der Waals surface area contributed by atoms with E-state index in [2.05, 4.69) is 41.1 Å². The quantitative estimate of drug-likeness (QED) is 0.946. The number of pyridine rings is 1. The predicted molar refractivity (Wildman–Crippen MR) is 87.8 cm³/mol. The second kappa shape index (κ2) is 5.54. The van der Waals surface area contributed by atoms with Gasteiger partial charge in [0.15, 0.2) is 5.82 Å². The van der Waals surface area contributed by atoms with Crippen LogP contribution in [0, 0.1) is 17.3 Å². The van der Waals surface area contributed by atoms with Gasteiger partial charge in [-0.3, -0.25) is 4.98 Å². The minimum Gasteiger partial charge on any atom is -0.396 e. The highest BCUT2D eigenvalue weighted by Gasteiger charge is 2.36. The summed E-state index contributed by atoms with van der Waals surface area (Å²) in [6.07, 6.45) is 2.96. The highest BCUT2D eigenvalue weighted by molar-refractivity contribution is 7.13. The van der Waals surface area contributed by atoms with Crippen molar-refractivity contribution in [1.29, 1.82) is 0 Å². The molecular weight excluding hydrogens is 282 g/mol. The van der Waals surface area contributed by atoms with E-state index in [1.807, 2.05) is 12.3 Å². The fourth-order valence-corrected chi connectivity index (χ4v) is 4.07. The van der Waals surface area contributed by atoms with Crippen LogP contribution in [0.4, 0.5) is 5.82 Å². The third-order valence-corrected chi connectivity index (χ3v) is 4.99. The van der Waals surface area contributed by atoms with Crippen molar-refractivity contribution in [1.82, 2.24) is 9.36 Å². The van der Waals surface area contributed by atoms with E-state index < -0.39 is 0 Å². The molecule has 3 heterocycles. The van der Waals surface area contributed by atoms with Crippen LogP contribution in [0.5, 0.6) is 0 Å². The van der Waals surface area contributed by atoms with E-state index >= 15 is 0 Å². The minimum absolute atomic E-state index is 0.257. The number of aromatic nitrogens is 2. The Hall–Kier alpha value is -1.20. The first kappa shape index (κ1) is 14.7. The van der Waals surface area contributed by atoms with E-state index in [9.17, 15) is 5.11 Å². The highest BCUT2D eigenvalue weighted by atomic mass is 32.1. The number of nitrogens with zero attached hydrogens (tertiary/aromatic N) is 3. The first-order valence-electron chi connectivity index (χ1n) is 7.54. The molecule has 0 bridgehead atoms. The van der Waals surface area contributed by atoms with Crippen LogP contribution in [-0.2, 0) is 0 Å². The lowest BCUT2D eigenvalue weighted by atomic mass is 9.80. The van der Waals surface area contributed by atoms with Gasteiger partial charge in [-0.1, -0.05) is 20.8 Å². The summed E-state index contributed by atoms with van der Waals surface area (Å²) in [7, 11) is 0. The van der Waals surface area contributed by atoms with Crippen LogP contribution < -0.4 is 4.90 Å². The van der Waals surface area contributed by atoms with Gasteiger partial charge in [0.1, 0.15) is 5.52 Å². The predicted octanol–water partition coefficient (Wildman–Crippen LogP) is 3.17. The van der Waals surface area contributed by atoms with E-state index in [1.165, 1.54) is 11.5 Å². The molecule has 1 aliphatic heterocycles. The largest absolute Gasteiger partial charge is 0.396 e. The zero-order chi connectivity index (χ0) is 15.0. The van der Waals surface area contributed by atoms with Crippen molar-refractivity contribution in [3.05, 3.63) is 18.3 Å². The van der Waals surface area contributed by atoms with E-state index in [0.29, 0.717) is 11.8 Å². The fraction of sp³-hybridized carbons (Fsp3) is 0.625. The standard InChI is InChI=1S/C16H23N3OS/c1-16(2,3)7-11-8-19(9-12(11)10-20)15-14-13(21-18-15)5-4-6-17-14/h4-6,11-12,20H,7-10H2,1-3H3/t11-,12+/m1/s1. The number of fused-ring (bicyclic) bond motifs is 1. The zero-order valence-electron chi connectivity index (χ0n) is 12.9. The molecule has 1 N–H and O–H groups in total. The SMILES string of the molecule is CC(C)(C)C[C@@H]1CN(c2nsc3cccnc23)C[C@H]1CO. The van der Waals surface area contributed by atoms with Crippen molar-refractivity contribution in [2.75, 3.05) is 24.6 Å². The van der Waals surface area contributed by atoms with Crippen LogP contribution in [0.15, 0.2) is 18.3 Å². The minimum atomic E-state index is 0.257. The van der Waals surface area contributed by atoms with Crippen molar-refractivity contribution < 1.29 is 5.11 Å². The number of hydrogen-bond donors (Lipinski definition) is 1. The Morgan fingerprint density at radius 3 is 2.81 bits per heavy atom. The Morgan fingerprint density at radius 1 is 1.33 bits per heavy atom. The van der Waals surface area contributed by atoms with Crippen LogP contribution in [0.25, 0.3) is 10.2 Å². The summed E-state index contributed by atoms with van der Waals surface area (Å²) in [6, 6.07) is 4.02. The summed E-state index contributed by atoms with van der Waals surface area (Å²) < 4.78 is 5.73. The Morgan fingerprint density at radius 2 is 2.10 bits per heavy atom. The fourth-order valence-electron chi connectivity index (χ4n) is 3.31. The van der Waals surface area contributed by atoms with Crippen molar-refractivity contribution in [2.24, 2.45) is 17.3 Å². The first-order chi connectivity index (χ1) is 9.98. The van der Waals surface area contributed by atoms with E-state index in [1.54, 1.807) is 0 Å². The van der Waals surface area contributed by atoms with Gasteiger partial charge in [-0.05, 0) is 41.4 Å². The maximum Gasteiger partial charge on any atom is 0.168 e. The Balaban J connectivity index is 1.84. The third kappa shape index (κ3) is 3.04. The van der Waals surface area contributed by atoms with Crippen molar-refractivity contribution in [2.45, 2.75) is 27.2 Å². The molecule has 21 heavy (non-hydrogen) atoms. The number of anilines is 1. The van der Waals surface area contributed by atoms with Gasteiger partial charge in [0.2, 0.25) is 0 Å². The lowest BCUT2D eigenvalue weighted by molar-refractivity contribution is 0.175. The monoisotopic (exact) mass is 305 g/mol. The highest BCUT2D eigenvalue weighted by Crippen LogP contribution is 2.37. The lowest BCUT2D eigenvalue weighted by Gasteiger charge is -2.25. The molecular formula is C16H23N3OS. The number of hydrogen-bond acceptors (Lipinski definition) is 5. The molecule has 3 rings (SSSR count). The van der Waals surface area contributed by atoms with Crippen molar-refractivity contribution >= 4 is 27.6 Å². The van der Waals surface area contributed by atoms with E-state index in [4.69, 9.17) is 0 Å². The Bertz CT molecular complexity index is 619. The van der Waals surface area contributed by atoms with Gasteiger partial charge in [0, 0.05) is 31.8 Å². The summed E-state index contributed by atoms with van der Waals surface area (Å²) in [5.41, 5.74) is 1.28. The summed E-state index contributed by atoms with van der Waals surface area (Å²) in [5, 5.41) is 9.70. The van der Waals surface area contributed by atoms with Gasteiger partial charge in [-0.2, -0.15) is 4.37 Å². The molecule has 1 aliphatic rings. The van der Waals surface area contributed by atoms with Crippen LogP contribution in [-0.4, -0.2) is 34.2 Å². The molecule has 2 aromatic rings. The summed E-state index contributed by atoms with van der Waals surface area (Å²) in [4.78, 5) is 6.79. The first-order valence-corrected chi connectivity index (χ1v) is 8.31. The number of rotatable bonds is 3. The smallest absolute Gasteiger partial charge is 0.168 e. The van der Waals surface area contributed by atoms with Crippen molar-refractivity contribution in [3.63, 3.8) is 0 Å². The van der Waals surface area contributed by atoms with Crippen molar-refractivity contribution in [3.8, 4) is 0 Å². The molecule has 0 unspecified atom stereocenters. The average Bonchev–Trinajstić information content (AvgIpc) is 3.00. The van der Waals surface area contributed by atoms with Crippen LogP contribution in [0.3, 0.4) is 0 Å². The van der Waals surface area contributed by atoms with Gasteiger partial charge >= 0.3 is 0 Å². The van der Waals surface area contributed by atoms with Gasteiger partial charge in [0.25, 0.3) is 0 Å². The topological polar surface area (TPSA) is 49.2 Å². The lowest BCUT2D eigenvalue weighted by Crippen LogP contribution is -2.22. The van der Waals surface area contributed by atoms with Crippen LogP contribution >= 0.6 is 11.5 Å². The maximum absolute atomic E-state index is 9.70. The van der Waals surface area contributed by atoms with Gasteiger partial charge < -0.3 is 10.0 Å². The molecule has 2 aromatic heterocycles. The molecule has 114 valence electrons. The van der Waals surface area contributed by atoms with Crippen LogP contribution in [0.1, 0.15) is 27.2 Å². The van der Waals surface area contributed by atoms with Gasteiger partial charge in [0.05, 0.1) is 4.70 Å². The Kier molecular flexibility index (Phi) is 3.88. The molecule has 1 saturated heterocycles. The van der Waals surface area contributed by atoms with E-state index in [0.717, 1.165) is 35.5 Å². The summed E-state index contributed by atoms with van der Waals surface area (Å²) in [5.74, 6) is 1.85. The molecule has 2 atom stereocenters.